The minimum absolute atomic E-state index is 0. The van der Waals surface area contributed by atoms with Crippen LogP contribution in [0.3, 0.4) is 0 Å². The Morgan fingerprint density at radius 2 is 1.83 bits per heavy atom. The molecule has 0 aromatic rings. The molecule has 12 heavy (non-hydrogen) atoms. The maximum absolute atomic E-state index is 5.17. The SMILES string of the molecule is COCC1CC2CNCC2C1.Cl. The van der Waals surface area contributed by atoms with Gasteiger partial charge < -0.3 is 10.1 Å². The zero-order valence-corrected chi connectivity index (χ0v) is 8.40. The van der Waals surface area contributed by atoms with Crippen molar-refractivity contribution in [3.05, 3.63) is 0 Å². The lowest BCUT2D eigenvalue weighted by molar-refractivity contribution is 0.151. The summed E-state index contributed by atoms with van der Waals surface area (Å²) in [4.78, 5) is 0. The summed E-state index contributed by atoms with van der Waals surface area (Å²) in [6.45, 7) is 3.49. The largest absolute Gasteiger partial charge is 0.384 e. The molecule has 0 aromatic carbocycles. The number of halogens is 1. The van der Waals surface area contributed by atoms with Crippen molar-refractivity contribution in [2.24, 2.45) is 17.8 Å². The van der Waals surface area contributed by atoms with E-state index in [1.54, 1.807) is 0 Å². The van der Waals surface area contributed by atoms with Crippen LogP contribution < -0.4 is 5.32 Å². The molecule has 2 rings (SSSR count). The Morgan fingerprint density at radius 3 is 2.33 bits per heavy atom. The molecule has 1 N–H and O–H groups in total. The fraction of sp³-hybridized carbons (Fsp3) is 1.00. The molecule has 1 heterocycles. The highest BCUT2D eigenvalue weighted by Crippen LogP contribution is 2.38. The molecule has 0 radical (unpaired) electrons. The van der Waals surface area contributed by atoms with Gasteiger partial charge >= 0.3 is 0 Å². The highest BCUT2D eigenvalue weighted by molar-refractivity contribution is 5.85. The summed E-state index contributed by atoms with van der Waals surface area (Å²) in [5, 5.41) is 3.45. The van der Waals surface area contributed by atoms with E-state index in [-0.39, 0.29) is 12.4 Å². The molecule has 3 heteroatoms. The molecular formula is C9H18ClNO. The van der Waals surface area contributed by atoms with Gasteiger partial charge in [0.2, 0.25) is 0 Å². The van der Waals surface area contributed by atoms with E-state index >= 15 is 0 Å². The summed E-state index contributed by atoms with van der Waals surface area (Å²) < 4.78 is 5.17. The Bertz CT molecular complexity index is 130. The van der Waals surface area contributed by atoms with Gasteiger partial charge in [0.15, 0.2) is 0 Å². The number of ether oxygens (including phenoxy) is 1. The number of hydrogen-bond acceptors (Lipinski definition) is 2. The van der Waals surface area contributed by atoms with Gasteiger partial charge in [-0.3, -0.25) is 0 Å². The molecular weight excluding hydrogens is 174 g/mol. The topological polar surface area (TPSA) is 21.3 Å². The van der Waals surface area contributed by atoms with E-state index in [4.69, 9.17) is 4.74 Å². The number of methoxy groups -OCH3 is 1. The van der Waals surface area contributed by atoms with Crippen molar-refractivity contribution >= 4 is 12.4 Å². The van der Waals surface area contributed by atoms with Crippen molar-refractivity contribution in [2.45, 2.75) is 12.8 Å². The van der Waals surface area contributed by atoms with Gasteiger partial charge in [-0.05, 0) is 43.7 Å². The van der Waals surface area contributed by atoms with Crippen LogP contribution in [0.5, 0.6) is 0 Å². The normalized spacial score (nSPS) is 39.2. The van der Waals surface area contributed by atoms with E-state index < -0.39 is 0 Å². The molecule has 0 aromatic heterocycles. The van der Waals surface area contributed by atoms with Crippen LogP contribution in [0.15, 0.2) is 0 Å². The predicted molar refractivity (Wildman–Crippen MR) is 51.7 cm³/mol. The minimum Gasteiger partial charge on any atom is -0.384 e. The van der Waals surface area contributed by atoms with Gasteiger partial charge in [0.05, 0.1) is 0 Å². The van der Waals surface area contributed by atoms with Crippen LogP contribution in [-0.2, 0) is 4.74 Å². The van der Waals surface area contributed by atoms with Crippen molar-refractivity contribution in [2.75, 3.05) is 26.8 Å². The first-order valence-corrected chi connectivity index (χ1v) is 4.60. The summed E-state index contributed by atoms with van der Waals surface area (Å²) >= 11 is 0. The highest BCUT2D eigenvalue weighted by Gasteiger charge is 2.36. The molecule has 2 aliphatic rings. The third kappa shape index (κ3) is 1.93. The average molecular weight is 192 g/mol. The second-order valence-corrected chi connectivity index (χ2v) is 3.97. The van der Waals surface area contributed by atoms with Crippen LogP contribution in [0, 0.1) is 17.8 Å². The van der Waals surface area contributed by atoms with Crippen LogP contribution >= 0.6 is 12.4 Å². The van der Waals surface area contributed by atoms with Crippen molar-refractivity contribution in [1.29, 1.82) is 0 Å². The van der Waals surface area contributed by atoms with Gasteiger partial charge in [0.1, 0.15) is 0 Å². The summed E-state index contributed by atoms with van der Waals surface area (Å²) in [7, 11) is 1.81. The van der Waals surface area contributed by atoms with Crippen LogP contribution in [0.4, 0.5) is 0 Å². The third-order valence-electron chi connectivity index (χ3n) is 3.15. The van der Waals surface area contributed by atoms with Crippen molar-refractivity contribution < 1.29 is 4.74 Å². The molecule has 0 bridgehead atoms. The van der Waals surface area contributed by atoms with Crippen molar-refractivity contribution in [3.8, 4) is 0 Å². The van der Waals surface area contributed by atoms with Crippen LogP contribution in [0.2, 0.25) is 0 Å². The molecule has 2 fully saturated rings. The van der Waals surface area contributed by atoms with Crippen LogP contribution in [0.25, 0.3) is 0 Å². The first-order chi connectivity index (χ1) is 5.40. The summed E-state index contributed by atoms with van der Waals surface area (Å²) in [6, 6.07) is 0. The highest BCUT2D eigenvalue weighted by atomic mass is 35.5. The molecule has 1 aliphatic heterocycles. The fourth-order valence-electron chi connectivity index (χ4n) is 2.66. The number of nitrogens with one attached hydrogen (secondary N) is 1. The zero-order chi connectivity index (χ0) is 7.68. The molecule has 2 atom stereocenters. The Morgan fingerprint density at radius 1 is 1.25 bits per heavy atom. The van der Waals surface area contributed by atoms with Gasteiger partial charge in [0.25, 0.3) is 0 Å². The Hall–Kier alpha value is 0.210. The maximum atomic E-state index is 5.17. The maximum Gasteiger partial charge on any atom is 0.0490 e. The lowest BCUT2D eigenvalue weighted by Crippen LogP contribution is -2.13. The summed E-state index contributed by atoms with van der Waals surface area (Å²) in [5.41, 5.74) is 0. The Balaban J connectivity index is 0.000000720. The van der Waals surface area contributed by atoms with E-state index in [0.29, 0.717) is 0 Å². The molecule has 1 saturated carbocycles. The molecule has 1 saturated heterocycles. The Kier molecular flexibility index (Phi) is 3.81. The quantitative estimate of drug-likeness (QED) is 0.711. The zero-order valence-electron chi connectivity index (χ0n) is 7.58. The van der Waals surface area contributed by atoms with Crippen molar-refractivity contribution in [3.63, 3.8) is 0 Å². The average Bonchev–Trinajstić information content (AvgIpc) is 2.46. The first-order valence-electron chi connectivity index (χ1n) is 4.60. The number of hydrogen-bond donors (Lipinski definition) is 1. The van der Waals surface area contributed by atoms with Crippen molar-refractivity contribution in [1.82, 2.24) is 5.32 Å². The second kappa shape index (κ2) is 4.45. The van der Waals surface area contributed by atoms with E-state index in [1.807, 2.05) is 7.11 Å². The number of rotatable bonds is 2. The molecule has 1 aliphatic carbocycles. The van der Waals surface area contributed by atoms with E-state index in [9.17, 15) is 0 Å². The first kappa shape index (κ1) is 10.3. The fourth-order valence-corrected chi connectivity index (χ4v) is 2.66. The lowest BCUT2D eigenvalue weighted by atomic mass is 10.0. The third-order valence-corrected chi connectivity index (χ3v) is 3.15. The van der Waals surface area contributed by atoms with Gasteiger partial charge in [-0.1, -0.05) is 0 Å². The minimum atomic E-state index is 0. The molecule has 2 unspecified atom stereocenters. The van der Waals surface area contributed by atoms with Gasteiger partial charge in [-0.2, -0.15) is 0 Å². The second-order valence-electron chi connectivity index (χ2n) is 3.97. The molecule has 2 nitrogen and oxygen atoms in total. The standard InChI is InChI=1S/C9H17NO.ClH/c1-11-6-7-2-8-4-10-5-9(8)3-7;/h7-10H,2-6H2,1H3;1H. The van der Waals surface area contributed by atoms with Crippen LogP contribution in [-0.4, -0.2) is 26.8 Å². The predicted octanol–water partition coefficient (Wildman–Crippen LogP) is 1.30. The number of fused-ring (bicyclic) bond motifs is 1. The van der Waals surface area contributed by atoms with Gasteiger partial charge in [0, 0.05) is 13.7 Å². The monoisotopic (exact) mass is 191 g/mol. The van der Waals surface area contributed by atoms with E-state index in [1.165, 1.54) is 25.9 Å². The van der Waals surface area contributed by atoms with Gasteiger partial charge in [-0.25, -0.2) is 0 Å². The lowest BCUT2D eigenvalue weighted by Gasteiger charge is -2.08. The smallest absolute Gasteiger partial charge is 0.0490 e. The Labute approximate surface area is 80.5 Å². The molecule has 0 spiro atoms. The molecule has 0 amide bonds. The molecule has 72 valence electrons. The van der Waals surface area contributed by atoms with E-state index in [0.717, 1.165) is 24.4 Å². The summed E-state index contributed by atoms with van der Waals surface area (Å²) in [6.07, 6.45) is 2.79. The van der Waals surface area contributed by atoms with E-state index in [2.05, 4.69) is 5.32 Å². The van der Waals surface area contributed by atoms with Gasteiger partial charge in [-0.15, -0.1) is 12.4 Å². The summed E-state index contributed by atoms with van der Waals surface area (Å²) in [5.74, 6) is 2.79. The van der Waals surface area contributed by atoms with Crippen LogP contribution in [0.1, 0.15) is 12.8 Å².